The van der Waals surface area contributed by atoms with Gasteiger partial charge < -0.3 is 9.97 Å². The molecule has 0 amide bonds. The molecule has 0 unspecified atom stereocenters. The second-order valence-corrected chi connectivity index (χ2v) is 12.5. The zero-order valence-corrected chi connectivity index (χ0v) is 23.9. The van der Waals surface area contributed by atoms with Crippen LogP contribution in [0, 0.1) is 33.1 Å². The van der Waals surface area contributed by atoms with E-state index in [1.807, 2.05) is 56.4 Å². The van der Waals surface area contributed by atoms with E-state index in [0.29, 0.717) is 0 Å². The molecule has 0 aliphatic rings. The van der Waals surface area contributed by atoms with Crippen molar-refractivity contribution in [1.82, 2.24) is 9.97 Å². The van der Waals surface area contributed by atoms with Crippen LogP contribution in [0.2, 0.25) is 0 Å². The molecule has 0 aliphatic carbocycles. The minimum atomic E-state index is -1.27. The fourth-order valence-electron chi connectivity index (χ4n) is 2.10. The molecule has 0 N–H and O–H groups in total. The Balaban J connectivity index is 0.000000376. The van der Waals surface area contributed by atoms with Gasteiger partial charge in [0, 0.05) is 7.92 Å². The molecule has 0 radical (unpaired) electrons. The molecule has 0 saturated heterocycles. The Morgan fingerprint density at radius 1 is 0.733 bits per heavy atom. The first-order chi connectivity index (χ1) is 13.9. The Morgan fingerprint density at radius 3 is 1.23 bits per heavy atom. The molecular formula is C25H38N2OPW-. The standard InChI is InChI=1S/C8H11P.2C6H8N.C5H10.O.W/c1-9(2)8-6-4-3-5-7-8;2*1-5-3-4-6(2)7-5;1-5(2,3)4;;/h3-7H,1-2H3;2*3-4H,1-2H3;1H,2-4H3;;/q;2*-1;;;/p+1. The van der Waals surface area contributed by atoms with Gasteiger partial charge in [-0.15, -0.1) is 0 Å². The number of aromatic nitrogens is 2. The zero-order valence-electron chi connectivity index (χ0n) is 20.0. The first-order valence-corrected chi connectivity index (χ1v) is 15.5. The number of benzene rings is 1. The number of nitrogens with zero attached hydrogens (tertiary/aromatic N) is 2. The van der Waals surface area contributed by atoms with Crippen LogP contribution in [0.4, 0.5) is 0 Å². The topological polar surface area (TPSA) is 45.3 Å². The van der Waals surface area contributed by atoms with Crippen molar-refractivity contribution < 1.29 is 21.5 Å². The molecule has 0 bridgehead atoms. The Kier molecular flexibility index (Phi) is 14.6. The van der Waals surface area contributed by atoms with Crippen LogP contribution in [0.5, 0.6) is 0 Å². The van der Waals surface area contributed by atoms with Gasteiger partial charge in [-0.25, -0.2) is 0 Å². The zero-order chi connectivity index (χ0) is 23.2. The molecule has 2 heterocycles. The van der Waals surface area contributed by atoms with Crippen molar-refractivity contribution in [3.05, 3.63) is 77.4 Å². The normalized spacial score (nSPS) is 9.93. The molecule has 5 heteroatoms. The second-order valence-electron chi connectivity index (χ2n) is 8.40. The third-order valence-corrected chi connectivity index (χ3v) is 7.96. The average Bonchev–Trinajstić information content (AvgIpc) is 3.22. The molecule has 0 atom stereocenters. The van der Waals surface area contributed by atoms with Crippen LogP contribution in [0.25, 0.3) is 0 Å². The first-order valence-electron chi connectivity index (χ1n) is 10.1. The van der Waals surface area contributed by atoms with Crippen LogP contribution in [-0.2, 0) is 21.5 Å². The van der Waals surface area contributed by atoms with Gasteiger partial charge >= 0.3 is 52.0 Å². The molecule has 0 aliphatic heterocycles. The molecule has 3 nitrogen and oxygen atoms in total. The first kappa shape index (κ1) is 28.6. The minimum absolute atomic E-state index is 0.187. The Bertz CT molecular complexity index is 799. The van der Waals surface area contributed by atoms with Crippen LogP contribution in [0.15, 0.2) is 54.6 Å². The van der Waals surface area contributed by atoms with Crippen molar-refractivity contribution in [3.63, 3.8) is 0 Å². The van der Waals surface area contributed by atoms with E-state index in [1.165, 1.54) is 5.30 Å². The predicted octanol–water partition coefficient (Wildman–Crippen LogP) is 5.57. The van der Waals surface area contributed by atoms with Gasteiger partial charge in [-0.2, -0.15) is 22.8 Å². The molecule has 3 rings (SSSR count). The van der Waals surface area contributed by atoms with Gasteiger partial charge in [0.25, 0.3) is 0 Å². The fourth-order valence-corrected chi connectivity index (χ4v) is 4.00. The summed E-state index contributed by atoms with van der Waals surface area (Å²) in [6, 6.07) is 18.7. The summed E-state index contributed by atoms with van der Waals surface area (Å²) in [5, 5.41) is 1.52. The smallest absolute Gasteiger partial charge is 0.0908 e. The van der Waals surface area contributed by atoms with Gasteiger partial charge in [-0.1, -0.05) is 70.2 Å². The maximum atomic E-state index is 10.1. The summed E-state index contributed by atoms with van der Waals surface area (Å²) in [5.41, 5.74) is 4.62. The Morgan fingerprint density at radius 2 is 1.10 bits per heavy atom. The molecule has 0 fully saturated rings. The van der Waals surface area contributed by atoms with Crippen molar-refractivity contribution >= 4 is 17.6 Å². The largest absolute Gasteiger partial charge is 0.665 e. The molecule has 30 heavy (non-hydrogen) atoms. The van der Waals surface area contributed by atoms with Crippen LogP contribution >= 0.6 is 7.92 Å². The Labute approximate surface area is 193 Å². The van der Waals surface area contributed by atoms with Crippen molar-refractivity contribution in [1.29, 1.82) is 0 Å². The fraction of sp³-hybridized carbons (Fsp3) is 0.400. The maximum absolute atomic E-state index is 10.1. The van der Waals surface area contributed by atoms with Gasteiger partial charge in [0.05, 0.1) is 18.6 Å². The van der Waals surface area contributed by atoms with Crippen LogP contribution < -0.4 is 15.3 Å². The Hall–Kier alpha value is -1.43. The number of aryl methyl sites for hydroxylation is 4. The average molecular weight is 597 g/mol. The van der Waals surface area contributed by atoms with E-state index in [4.69, 9.17) is 0 Å². The van der Waals surface area contributed by atoms with Gasteiger partial charge in [0.15, 0.2) is 0 Å². The maximum Gasteiger partial charge on any atom is 0.0908 e. The van der Waals surface area contributed by atoms with Crippen molar-refractivity contribution in [2.24, 2.45) is 5.41 Å². The molecular weight excluding hydrogens is 559 g/mol. The van der Waals surface area contributed by atoms with Gasteiger partial charge in [-0.3, -0.25) is 0 Å². The SMILES string of the molecule is CC(C)(C)[CH]=[W]=[O].C[PH+](C)c1ccccc1.Cc1ccc(C)[n-]1.Cc1ccc(C)[n-]1. The second kappa shape index (κ2) is 15.4. The van der Waals surface area contributed by atoms with E-state index in [1.54, 1.807) is 0 Å². The summed E-state index contributed by atoms with van der Waals surface area (Å²) >= 11 is -1.27. The predicted molar refractivity (Wildman–Crippen MR) is 131 cm³/mol. The van der Waals surface area contributed by atoms with E-state index in [2.05, 4.69) is 74.4 Å². The summed E-state index contributed by atoms with van der Waals surface area (Å²) < 4.78 is 12.0. The minimum Gasteiger partial charge on any atom is -0.665 e. The molecule has 2 aromatic heterocycles. The van der Waals surface area contributed by atoms with Crippen molar-refractivity contribution in [3.8, 4) is 0 Å². The van der Waals surface area contributed by atoms with Gasteiger partial charge in [0.2, 0.25) is 0 Å². The quantitative estimate of drug-likeness (QED) is 0.345. The van der Waals surface area contributed by atoms with E-state index < -0.39 is 18.1 Å². The number of hydrogen-bond acceptors (Lipinski definition) is 1. The monoisotopic (exact) mass is 597 g/mol. The van der Waals surface area contributed by atoms with E-state index in [-0.39, 0.29) is 13.3 Å². The molecule has 166 valence electrons. The summed E-state index contributed by atoms with van der Waals surface area (Å²) in [6.45, 7) is 18.8. The van der Waals surface area contributed by atoms with E-state index >= 15 is 0 Å². The van der Waals surface area contributed by atoms with E-state index in [9.17, 15) is 3.40 Å². The third kappa shape index (κ3) is 16.4. The van der Waals surface area contributed by atoms with Crippen molar-refractivity contribution in [2.75, 3.05) is 13.3 Å². The van der Waals surface area contributed by atoms with E-state index in [0.717, 1.165) is 22.8 Å². The molecule has 1 aromatic carbocycles. The van der Waals surface area contributed by atoms with Crippen molar-refractivity contribution in [2.45, 2.75) is 48.5 Å². The molecule has 3 aromatic rings. The number of hydrogen-bond donors (Lipinski definition) is 0. The summed E-state index contributed by atoms with van der Waals surface area (Å²) in [6.07, 6.45) is 0. The summed E-state index contributed by atoms with van der Waals surface area (Å²) in [4.78, 5) is 8.22. The van der Waals surface area contributed by atoms with Crippen LogP contribution in [0.3, 0.4) is 0 Å². The summed E-state index contributed by atoms with van der Waals surface area (Å²) in [5.74, 6) is 0. The summed E-state index contributed by atoms with van der Waals surface area (Å²) in [7, 11) is -0.212. The van der Waals surface area contributed by atoms with Gasteiger partial charge in [0.1, 0.15) is 0 Å². The molecule has 0 spiro atoms. The van der Waals surface area contributed by atoms with Crippen LogP contribution in [-0.4, -0.2) is 17.7 Å². The molecule has 0 saturated carbocycles. The van der Waals surface area contributed by atoms with Gasteiger partial charge in [-0.05, 0) is 12.1 Å². The van der Waals surface area contributed by atoms with Crippen LogP contribution in [0.1, 0.15) is 43.5 Å². The number of rotatable bonds is 1. The third-order valence-electron chi connectivity index (χ3n) is 3.59.